The summed E-state index contributed by atoms with van der Waals surface area (Å²) in [4.78, 5) is 4.35. The van der Waals surface area contributed by atoms with Crippen molar-refractivity contribution in [3.8, 4) is 17.1 Å². The molecule has 1 aliphatic carbocycles. The monoisotopic (exact) mass is 274 g/mol. The molecule has 1 fully saturated rings. The van der Waals surface area contributed by atoms with Gasteiger partial charge in [0.2, 0.25) is 11.7 Å². The molecule has 106 valence electrons. The maximum atomic E-state index is 9.89. The van der Waals surface area contributed by atoms with Crippen molar-refractivity contribution in [2.45, 2.75) is 32.3 Å². The van der Waals surface area contributed by atoms with E-state index in [9.17, 15) is 5.11 Å². The second-order valence-corrected chi connectivity index (χ2v) is 5.31. The number of rotatable bonds is 5. The van der Waals surface area contributed by atoms with Crippen LogP contribution in [0.15, 0.2) is 22.7 Å². The summed E-state index contributed by atoms with van der Waals surface area (Å²) >= 11 is 0. The van der Waals surface area contributed by atoms with Gasteiger partial charge in [0.25, 0.3) is 0 Å². The highest BCUT2D eigenvalue weighted by atomic mass is 16.5. The predicted octanol–water partition coefficient (Wildman–Crippen LogP) is 2.37. The predicted molar refractivity (Wildman–Crippen MR) is 73.5 cm³/mol. The minimum absolute atomic E-state index is 0.360. The van der Waals surface area contributed by atoms with E-state index in [2.05, 4.69) is 10.1 Å². The van der Waals surface area contributed by atoms with Gasteiger partial charge in [-0.2, -0.15) is 4.98 Å². The van der Waals surface area contributed by atoms with Crippen molar-refractivity contribution in [3.63, 3.8) is 0 Å². The molecule has 1 saturated carbocycles. The molecule has 0 spiro atoms. The highest BCUT2D eigenvalue weighted by molar-refractivity contribution is 5.58. The van der Waals surface area contributed by atoms with Crippen LogP contribution in [0.25, 0.3) is 11.4 Å². The van der Waals surface area contributed by atoms with Gasteiger partial charge in [0.1, 0.15) is 5.75 Å². The van der Waals surface area contributed by atoms with Crippen LogP contribution in [0.3, 0.4) is 0 Å². The van der Waals surface area contributed by atoms with Gasteiger partial charge in [0.05, 0.1) is 19.6 Å². The van der Waals surface area contributed by atoms with Gasteiger partial charge < -0.3 is 14.4 Å². The molecule has 1 N–H and O–H groups in total. The van der Waals surface area contributed by atoms with Gasteiger partial charge in [-0.3, -0.25) is 0 Å². The van der Waals surface area contributed by atoms with Gasteiger partial charge in [-0.05, 0) is 49.4 Å². The zero-order valence-corrected chi connectivity index (χ0v) is 11.7. The van der Waals surface area contributed by atoms with E-state index in [4.69, 9.17) is 9.26 Å². The number of aromatic nitrogens is 2. The van der Waals surface area contributed by atoms with Crippen molar-refractivity contribution in [1.29, 1.82) is 0 Å². The van der Waals surface area contributed by atoms with E-state index in [0.717, 1.165) is 29.7 Å². The Kier molecular flexibility index (Phi) is 3.44. The molecule has 2 aromatic rings. The first kappa shape index (κ1) is 13.1. The molecular formula is C15H18N2O3. The minimum atomic E-state index is -0.360. The van der Waals surface area contributed by atoms with Crippen LogP contribution in [0.2, 0.25) is 0 Å². The lowest BCUT2D eigenvalue weighted by Gasteiger charge is -2.05. The van der Waals surface area contributed by atoms with Crippen LogP contribution in [0.1, 0.15) is 24.3 Å². The molecule has 0 radical (unpaired) electrons. The summed E-state index contributed by atoms with van der Waals surface area (Å²) in [6, 6.07) is 5.75. The van der Waals surface area contributed by atoms with Crippen molar-refractivity contribution in [2.24, 2.45) is 5.92 Å². The van der Waals surface area contributed by atoms with Gasteiger partial charge in [-0.15, -0.1) is 0 Å². The van der Waals surface area contributed by atoms with Crippen LogP contribution in [0, 0.1) is 12.8 Å². The first-order valence-electron chi connectivity index (χ1n) is 6.83. The second-order valence-electron chi connectivity index (χ2n) is 5.31. The zero-order valence-electron chi connectivity index (χ0n) is 11.7. The molecule has 3 rings (SSSR count). The molecule has 0 bridgehead atoms. The Labute approximate surface area is 117 Å². The molecule has 20 heavy (non-hydrogen) atoms. The van der Waals surface area contributed by atoms with Crippen LogP contribution in [0.4, 0.5) is 0 Å². The lowest BCUT2D eigenvalue weighted by molar-refractivity contribution is 0.140. The summed E-state index contributed by atoms with van der Waals surface area (Å²) in [7, 11) is 1.65. The highest BCUT2D eigenvalue weighted by Gasteiger charge is 2.31. The largest absolute Gasteiger partial charge is 0.496 e. The standard InChI is InChI=1S/C15H18N2O3/c1-9-7-11(5-6-13(9)19-2)15-16-14(20-17-15)8-12(18)10-3-4-10/h5-7,10,12,18H,3-4,8H2,1-2H3. The van der Waals surface area contributed by atoms with Crippen molar-refractivity contribution < 1.29 is 14.4 Å². The minimum Gasteiger partial charge on any atom is -0.496 e. The third-order valence-corrected chi connectivity index (χ3v) is 3.67. The van der Waals surface area contributed by atoms with Gasteiger partial charge >= 0.3 is 0 Å². The molecule has 0 aliphatic heterocycles. The van der Waals surface area contributed by atoms with Crippen LogP contribution in [-0.2, 0) is 6.42 Å². The normalized spacial score (nSPS) is 16.1. The third kappa shape index (κ3) is 2.67. The van der Waals surface area contributed by atoms with Crippen LogP contribution in [-0.4, -0.2) is 28.5 Å². The van der Waals surface area contributed by atoms with E-state index >= 15 is 0 Å². The van der Waals surface area contributed by atoms with Gasteiger partial charge in [-0.1, -0.05) is 5.16 Å². The van der Waals surface area contributed by atoms with Gasteiger partial charge in [0.15, 0.2) is 0 Å². The molecule has 0 saturated heterocycles. The van der Waals surface area contributed by atoms with E-state index in [1.165, 1.54) is 0 Å². The summed E-state index contributed by atoms with van der Waals surface area (Å²) in [6.45, 7) is 1.97. The zero-order chi connectivity index (χ0) is 14.1. The number of methoxy groups -OCH3 is 1. The number of hydrogen-bond acceptors (Lipinski definition) is 5. The summed E-state index contributed by atoms with van der Waals surface area (Å²) in [5.74, 6) is 2.29. The second kappa shape index (κ2) is 5.25. The molecule has 5 nitrogen and oxygen atoms in total. The summed E-state index contributed by atoms with van der Waals surface area (Å²) in [5, 5.41) is 13.9. The fourth-order valence-corrected chi connectivity index (χ4v) is 2.30. The molecule has 1 unspecified atom stereocenters. The van der Waals surface area contributed by atoms with E-state index in [1.54, 1.807) is 7.11 Å². The van der Waals surface area contributed by atoms with Crippen molar-refractivity contribution >= 4 is 0 Å². The van der Waals surface area contributed by atoms with Crippen LogP contribution in [0.5, 0.6) is 5.75 Å². The van der Waals surface area contributed by atoms with E-state index in [-0.39, 0.29) is 6.10 Å². The quantitative estimate of drug-likeness (QED) is 0.906. The van der Waals surface area contributed by atoms with Crippen LogP contribution >= 0.6 is 0 Å². The number of aliphatic hydroxyl groups excluding tert-OH is 1. The third-order valence-electron chi connectivity index (χ3n) is 3.67. The Morgan fingerprint density at radius 2 is 2.25 bits per heavy atom. The summed E-state index contributed by atoms with van der Waals surface area (Å²) < 4.78 is 10.4. The maximum absolute atomic E-state index is 9.89. The maximum Gasteiger partial charge on any atom is 0.229 e. The topological polar surface area (TPSA) is 68.4 Å². The molecule has 1 heterocycles. The van der Waals surface area contributed by atoms with Crippen molar-refractivity contribution in [2.75, 3.05) is 7.11 Å². The van der Waals surface area contributed by atoms with Gasteiger partial charge in [0, 0.05) is 5.56 Å². The molecule has 0 amide bonds. The number of aryl methyl sites for hydroxylation is 1. The Morgan fingerprint density at radius 3 is 2.90 bits per heavy atom. The highest BCUT2D eigenvalue weighted by Crippen LogP contribution is 2.34. The number of hydrogen-bond donors (Lipinski definition) is 1. The van der Waals surface area contributed by atoms with Crippen molar-refractivity contribution in [3.05, 3.63) is 29.7 Å². The Balaban J connectivity index is 1.77. The first-order valence-corrected chi connectivity index (χ1v) is 6.83. The van der Waals surface area contributed by atoms with E-state index in [0.29, 0.717) is 24.1 Å². The number of benzene rings is 1. The first-order chi connectivity index (χ1) is 9.67. The fraction of sp³-hybridized carbons (Fsp3) is 0.467. The SMILES string of the molecule is COc1ccc(-c2noc(CC(O)C3CC3)n2)cc1C. The smallest absolute Gasteiger partial charge is 0.229 e. The molecule has 1 aliphatic rings. The Bertz CT molecular complexity index is 605. The lowest BCUT2D eigenvalue weighted by atomic mass is 10.1. The molecule has 1 aromatic carbocycles. The lowest BCUT2D eigenvalue weighted by Crippen LogP contribution is -2.12. The molecule has 1 aromatic heterocycles. The van der Waals surface area contributed by atoms with Gasteiger partial charge in [-0.25, -0.2) is 0 Å². The molecule has 1 atom stereocenters. The number of ether oxygens (including phenoxy) is 1. The molecular weight excluding hydrogens is 256 g/mol. The van der Waals surface area contributed by atoms with Crippen molar-refractivity contribution in [1.82, 2.24) is 10.1 Å². The average molecular weight is 274 g/mol. The number of nitrogens with zero attached hydrogens (tertiary/aromatic N) is 2. The number of aliphatic hydroxyl groups is 1. The Hall–Kier alpha value is -1.88. The Morgan fingerprint density at radius 1 is 1.45 bits per heavy atom. The van der Waals surface area contributed by atoms with Crippen LogP contribution < -0.4 is 4.74 Å². The molecule has 5 heteroatoms. The summed E-state index contributed by atoms with van der Waals surface area (Å²) in [5.41, 5.74) is 1.91. The average Bonchev–Trinajstić information content (AvgIpc) is 3.19. The summed E-state index contributed by atoms with van der Waals surface area (Å²) in [6.07, 6.45) is 2.27. The van der Waals surface area contributed by atoms with E-state index in [1.807, 2.05) is 25.1 Å². The van der Waals surface area contributed by atoms with E-state index < -0.39 is 0 Å². The fourth-order valence-electron chi connectivity index (χ4n) is 2.30.